The molecule has 0 heterocycles. The van der Waals surface area contributed by atoms with E-state index in [1.165, 1.54) is 18.2 Å². The Kier molecular flexibility index (Phi) is 6.54. The number of hydrogen-bond acceptors (Lipinski definition) is 4. The van der Waals surface area contributed by atoms with Gasteiger partial charge in [0.15, 0.2) is 0 Å². The first-order valence-electron chi connectivity index (χ1n) is 6.92. The van der Waals surface area contributed by atoms with Crippen molar-refractivity contribution in [3.8, 4) is 0 Å². The smallest absolute Gasteiger partial charge is 0.341 e. The van der Waals surface area contributed by atoms with Crippen LogP contribution in [0.3, 0.4) is 0 Å². The molecule has 0 bridgehead atoms. The van der Waals surface area contributed by atoms with Gasteiger partial charge in [0.05, 0.1) is 10.6 Å². The van der Waals surface area contributed by atoms with Crippen molar-refractivity contribution in [2.45, 2.75) is 37.5 Å². The van der Waals surface area contributed by atoms with Crippen LogP contribution in [0.15, 0.2) is 29.2 Å². The van der Waals surface area contributed by atoms with Crippen LogP contribution in [0.1, 0.15) is 20.8 Å². The average molecular weight is 320 g/mol. The van der Waals surface area contributed by atoms with Crippen LogP contribution in [0.5, 0.6) is 0 Å². The van der Waals surface area contributed by atoms with E-state index < -0.39 is 15.6 Å². The van der Waals surface area contributed by atoms with Crippen LogP contribution < -0.4 is 5.32 Å². The molecule has 0 aliphatic rings. The molecule has 1 aromatic carbocycles. The van der Waals surface area contributed by atoms with Crippen molar-refractivity contribution in [2.75, 3.05) is 25.0 Å². The van der Waals surface area contributed by atoms with E-state index in [1.807, 2.05) is 20.8 Å². The van der Waals surface area contributed by atoms with E-state index >= 15 is 0 Å². The molecule has 0 saturated heterocycles. The van der Waals surface area contributed by atoms with Crippen LogP contribution in [0.2, 0.25) is 0 Å². The summed E-state index contributed by atoms with van der Waals surface area (Å²) >= 11 is 0. The summed E-state index contributed by atoms with van der Waals surface area (Å²) in [7, 11) is -4.60. The highest BCUT2D eigenvalue weighted by Crippen LogP contribution is 2.26. The van der Waals surface area contributed by atoms with Crippen LogP contribution in [0, 0.1) is 0 Å². The summed E-state index contributed by atoms with van der Waals surface area (Å²) in [6.45, 7) is 8.41. The number of nitrogens with one attached hydrogen (secondary N) is 1. The number of sulfone groups is 1. The zero-order chi connectivity index (χ0) is 16.0. The maximum atomic E-state index is 12.7. The van der Waals surface area contributed by atoms with E-state index in [1.54, 1.807) is 6.07 Å². The molecule has 7 heteroatoms. The van der Waals surface area contributed by atoms with E-state index in [2.05, 4.69) is 10.2 Å². The molecule has 0 fully saturated rings. The Balaban J connectivity index is 2.95. The van der Waals surface area contributed by atoms with Crippen molar-refractivity contribution in [3.05, 3.63) is 24.3 Å². The third-order valence-corrected chi connectivity index (χ3v) is 4.69. The predicted molar refractivity (Wildman–Crippen MR) is 80.5 cm³/mol. The highest BCUT2D eigenvalue weighted by Gasteiger charge is 2.29. The predicted octanol–water partition coefficient (Wildman–Crippen LogP) is 2.83. The number of para-hydroxylation sites is 1. The fraction of sp³-hybridized carbons (Fsp3) is 0.571. The van der Waals surface area contributed by atoms with Gasteiger partial charge in [-0.1, -0.05) is 26.0 Å². The molecule has 1 N–H and O–H groups in total. The number of halogens is 2. The minimum absolute atomic E-state index is 0.0566. The highest BCUT2D eigenvalue weighted by molar-refractivity contribution is 7.91. The SMILES string of the molecule is CCN(CC)CC(C)Nc1ccccc1S(=O)(=O)C(F)F. The first kappa shape index (κ1) is 17.8. The molecule has 0 amide bonds. The summed E-state index contributed by atoms with van der Waals surface area (Å²) in [5.41, 5.74) is 0.220. The second-order valence-corrected chi connectivity index (χ2v) is 6.72. The zero-order valence-electron chi connectivity index (χ0n) is 12.5. The van der Waals surface area contributed by atoms with Gasteiger partial charge in [-0.15, -0.1) is 0 Å². The normalized spacial score (nSPS) is 13.7. The van der Waals surface area contributed by atoms with E-state index in [4.69, 9.17) is 0 Å². The summed E-state index contributed by atoms with van der Waals surface area (Å²) in [6.07, 6.45) is 0. The lowest BCUT2D eigenvalue weighted by atomic mass is 10.2. The fourth-order valence-electron chi connectivity index (χ4n) is 2.11. The van der Waals surface area contributed by atoms with Gasteiger partial charge < -0.3 is 10.2 Å². The maximum Gasteiger partial charge on any atom is 0.341 e. The molecule has 0 aliphatic heterocycles. The molecular formula is C14H22F2N2O2S. The van der Waals surface area contributed by atoms with Gasteiger partial charge in [-0.25, -0.2) is 8.42 Å². The third kappa shape index (κ3) is 4.64. The van der Waals surface area contributed by atoms with Crippen LogP contribution in [-0.4, -0.2) is 44.8 Å². The molecule has 0 saturated carbocycles. The molecule has 4 nitrogen and oxygen atoms in total. The number of rotatable bonds is 8. The molecule has 120 valence electrons. The van der Waals surface area contributed by atoms with Crippen LogP contribution >= 0.6 is 0 Å². The Morgan fingerprint density at radius 1 is 1.19 bits per heavy atom. The number of alkyl halides is 2. The average Bonchev–Trinajstić information content (AvgIpc) is 2.44. The molecular weight excluding hydrogens is 298 g/mol. The minimum atomic E-state index is -4.60. The van der Waals surface area contributed by atoms with Gasteiger partial charge in [0.1, 0.15) is 0 Å². The second-order valence-electron chi connectivity index (χ2n) is 4.83. The van der Waals surface area contributed by atoms with Gasteiger partial charge in [-0.3, -0.25) is 0 Å². The van der Waals surface area contributed by atoms with Crippen LogP contribution in [-0.2, 0) is 9.84 Å². The molecule has 1 rings (SSSR count). The monoisotopic (exact) mass is 320 g/mol. The van der Waals surface area contributed by atoms with Gasteiger partial charge in [-0.05, 0) is 32.1 Å². The number of likely N-dealkylation sites (N-methyl/N-ethyl adjacent to an activating group) is 1. The largest absolute Gasteiger partial charge is 0.380 e. The van der Waals surface area contributed by atoms with E-state index in [0.29, 0.717) is 6.54 Å². The van der Waals surface area contributed by atoms with Crippen molar-refractivity contribution >= 4 is 15.5 Å². The molecule has 0 aromatic heterocycles. The molecule has 0 radical (unpaired) electrons. The summed E-state index contributed by atoms with van der Waals surface area (Å²) < 4.78 is 48.8. The molecule has 0 aliphatic carbocycles. The van der Waals surface area contributed by atoms with Crippen molar-refractivity contribution in [1.82, 2.24) is 4.90 Å². The minimum Gasteiger partial charge on any atom is -0.380 e. The Bertz CT molecular complexity index is 546. The third-order valence-electron chi connectivity index (χ3n) is 3.26. The van der Waals surface area contributed by atoms with Crippen molar-refractivity contribution < 1.29 is 17.2 Å². The van der Waals surface area contributed by atoms with Gasteiger partial charge in [0.2, 0.25) is 9.84 Å². The van der Waals surface area contributed by atoms with E-state index in [9.17, 15) is 17.2 Å². The summed E-state index contributed by atoms with van der Waals surface area (Å²) in [5.74, 6) is -3.42. The van der Waals surface area contributed by atoms with Crippen molar-refractivity contribution in [2.24, 2.45) is 0 Å². The lowest BCUT2D eigenvalue weighted by Crippen LogP contribution is -2.35. The Morgan fingerprint density at radius 3 is 2.29 bits per heavy atom. The number of benzene rings is 1. The maximum absolute atomic E-state index is 12.7. The summed E-state index contributed by atoms with van der Waals surface area (Å²) in [6, 6.07) is 5.72. The Hall–Kier alpha value is -1.21. The Morgan fingerprint density at radius 2 is 1.76 bits per heavy atom. The summed E-state index contributed by atoms with van der Waals surface area (Å²) in [5, 5.41) is 3.02. The summed E-state index contributed by atoms with van der Waals surface area (Å²) in [4.78, 5) is 1.81. The first-order valence-corrected chi connectivity index (χ1v) is 8.47. The first-order chi connectivity index (χ1) is 9.82. The lowest BCUT2D eigenvalue weighted by Gasteiger charge is -2.25. The zero-order valence-corrected chi connectivity index (χ0v) is 13.3. The van der Waals surface area contributed by atoms with Crippen LogP contribution in [0.4, 0.5) is 14.5 Å². The highest BCUT2D eigenvalue weighted by atomic mass is 32.2. The number of hydrogen-bond donors (Lipinski definition) is 1. The Labute approximate surface area is 125 Å². The standard InChI is InChI=1S/C14H22F2N2O2S/c1-4-18(5-2)10-11(3)17-12-8-6-7-9-13(12)21(19,20)14(15)16/h6-9,11,14,17H,4-5,10H2,1-3H3. The molecule has 21 heavy (non-hydrogen) atoms. The lowest BCUT2D eigenvalue weighted by molar-refractivity contribution is 0.235. The fourth-order valence-corrected chi connectivity index (χ4v) is 3.00. The van der Waals surface area contributed by atoms with Gasteiger partial charge in [-0.2, -0.15) is 8.78 Å². The molecule has 0 spiro atoms. The quantitative estimate of drug-likeness (QED) is 0.800. The van der Waals surface area contributed by atoms with Gasteiger partial charge >= 0.3 is 5.76 Å². The second kappa shape index (κ2) is 7.70. The number of nitrogens with zero attached hydrogens (tertiary/aromatic N) is 1. The molecule has 1 aromatic rings. The van der Waals surface area contributed by atoms with Crippen LogP contribution in [0.25, 0.3) is 0 Å². The van der Waals surface area contributed by atoms with Gasteiger partial charge in [0, 0.05) is 12.6 Å². The van der Waals surface area contributed by atoms with Crippen molar-refractivity contribution in [1.29, 1.82) is 0 Å². The van der Waals surface area contributed by atoms with Gasteiger partial charge in [0.25, 0.3) is 0 Å². The van der Waals surface area contributed by atoms with Crippen molar-refractivity contribution in [3.63, 3.8) is 0 Å². The van der Waals surface area contributed by atoms with E-state index in [-0.39, 0.29) is 16.6 Å². The topological polar surface area (TPSA) is 49.4 Å². The molecule has 1 atom stereocenters. The number of anilines is 1. The van der Waals surface area contributed by atoms with E-state index in [0.717, 1.165) is 13.1 Å². The molecule has 1 unspecified atom stereocenters.